The molecule has 20 nitrogen and oxygen atoms in total. The zero-order chi connectivity index (χ0) is 50.4. The molecule has 7 rings (SSSR count). The Hall–Kier alpha value is -7.14. The zero-order valence-corrected chi connectivity index (χ0v) is 40.9. The van der Waals surface area contributed by atoms with E-state index in [1.807, 2.05) is 30.3 Å². The summed E-state index contributed by atoms with van der Waals surface area (Å²) in [6.45, 7) is 0.282. The summed E-state index contributed by atoms with van der Waals surface area (Å²) < 4.78 is 107. The molecular weight excluding hydrogens is 957 g/mol. The van der Waals surface area contributed by atoms with Gasteiger partial charge in [-0.3, -0.25) is 27.8 Å². The summed E-state index contributed by atoms with van der Waals surface area (Å²) in [4.78, 5) is 28.9. The molecule has 378 valence electrons. The summed E-state index contributed by atoms with van der Waals surface area (Å²) in [5.74, 6) is 1.84. The van der Waals surface area contributed by atoms with Gasteiger partial charge in [-0.05, 0) is 41.0 Å². The van der Waals surface area contributed by atoms with Gasteiger partial charge in [0.25, 0.3) is 32.1 Å². The predicted octanol–water partition coefficient (Wildman–Crippen LogP) is 6.23. The molecule has 2 unspecified atom stereocenters. The van der Waals surface area contributed by atoms with E-state index in [0.717, 1.165) is 18.1 Å². The van der Waals surface area contributed by atoms with Gasteiger partial charge in [-0.15, -0.1) is 0 Å². The van der Waals surface area contributed by atoms with E-state index in [-0.39, 0.29) is 25.5 Å². The smallest absolute Gasteiger partial charge is 0.265 e. The number of hydrogen-bond donors (Lipinski definition) is 1. The van der Waals surface area contributed by atoms with Gasteiger partial charge in [0.15, 0.2) is 58.2 Å². The first-order chi connectivity index (χ1) is 32.8. The third kappa shape index (κ3) is 11.5. The molecule has 2 heterocycles. The van der Waals surface area contributed by atoms with Gasteiger partial charge in [0.2, 0.25) is 11.5 Å². The average Bonchev–Trinajstić information content (AvgIpc) is 3.33. The van der Waals surface area contributed by atoms with Crippen LogP contribution in [0.2, 0.25) is 0 Å². The number of amides is 2. The van der Waals surface area contributed by atoms with Crippen molar-refractivity contribution in [2.24, 2.45) is 0 Å². The Balaban J connectivity index is 0.000000262. The van der Waals surface area contributed by atoms with Crippen molar-refractivity contribution in [3.63, 3.8) is 0 Å². The molecule has 2 saturated heterocycles. The van der Waals surface area contributed by atoms with E-state index in [2.05, 4.69) is 0 Å². The number of carbonyl (C=O) groups excluding carboxylic acids is 2. The minimum absolute atomic E-state index is 0. The Morgan fingerprint density at radius 1 is 0.486 bits per heavy atom. The molecule has 0 radical (unpaired) electrons. The number of ether oxygens (including phenoxy) is 9. The van der Waals surface area contributed by atoms with E-state index >= 15 is 0 Å². The number of hydrogen-bond acceptors (Lipinski definition) is 18. The Kier molecular flexibility index (Phi) is 17.3. The fraction of sp³-hybridized carbons (Fsp3) is 0.333. The lowest BCUT2D eigenvalue weighted by molar-refractivity contribution is -0.135. The normalized spacial score (nSPS) is 17.3. The van der Waals surface area contributed by atoms with Crippen molar-refractivity contribution in [1.82, 2.24) is 0 Å². The molecule has 1 N–H and O–H groups in total. The van der Waals surface area contributed by atoms with Crippen molar-refractivity contribution in [2.75, 3.05) is 79.2 Å². The Morgan fingerprint density at radius 3 is 1.23 bits per heavy atom. The van der Waals surface area contributed by atoms with Crippen LogP contribution in [-0.4, -0.2) is 115 Å². The number of methoxy groups -OCH3 is 8. The summed E-state index contributed by atoms with van der Waals surface area (Å²) in [7, 11) is 3.79. The van der Waals surface area contributed by atoms with E-state index in [4.69, 9.17) is 51.0 Å². The van der Waals surface area contributed by atoms with Crippen molar-refractivity contribution in [2.45, 2.75) is 38.3 Å². The monoisotopic (exact) mass is 1010 g/mol. The van der Waals surface area contributed by atoms with Crippen molar-refractivity contribution < 1.29 is 82.5 Å². The molecule has 4 atom stereocenters. The number of carbonyl (C=O) groups is 2. The van der Waals surface area contributed by atoms with Crippen LogP contribution in [0.3, 0.4) is 0 Å². The molecule has 5 aromatic rings. The van der Waals surface area contributed by atoms with Gasteiger partial charge in [0.1, 0.15) is 6.61 Å². The molecule has 2 aliphatic rings. The SMILES string of the molecule is C.COc1ccc([C@H]2C(OS(C)(=O)=O)C(=O)N2c2cc(OC)c(OC)c(OC)c2)cc1O.COc1ccc([C@H]2C(OS(C)(=O)=O)C(=O)N2c2cc(OC)c(OC)c(OC)c2)cc1OCc1ccccc1. The molecule has 2 fully saturated rings. The van der Waals surface area contributed by atoms with Gasteiger partial charge >= 0.3 is 0 Å². The van der Waals surface area contributed by atoms with Crippen LogP contribution >= 0.6 is 0 Å². The largest absolute Gasteiger partial charge is 0.504 e. The van der Waals surface area contributed by atoms with Crippen LogP contribution in [0, 0.1) is 0 Å². The highest BCUT2D eigenvalue weighted by Crippen LogP contribution is 2.50. The van der Waals surface area contributed by atoms with Gasteiger partial charge < -0.3 is 47.7 Å². The van der Waals surface area contributed by atoms with Crippen LogP contribution in [-0.2, 0) is 44.8 Å². The highest BCUT2D eigenvalue weighted by Gasteiger charge is 2.53. The fourth-order valence-electron chi connectivity index (χ4n) is 7.74. The van der Waals surface area contributed by atoms with Crippen molar-refractivity contribution in [3.05, 3.63) is 108 Å². The first kappa shape index (κ1) is 53.8. The molecule has 2 amide bonds. The van der Waals surface area contributed by atoms with Gasteiger partial charge in [-0.2, -0.15) is 16.8 Å². The van der Waals surface area contributed by atoms with Crippen LogP contribution in [0.5, 0.6) is 57.5 Å². The lowest BCUT2D eigenvalue weighted by Gasteiger charge is -2.46. The van der Waals surface area contributed by atoms with Crippen molar-refractivity contribution >= 4 is 43.4 Å². The first-order valence-electron chi connectivity index (χ1n) is 20.6. The lowest BCUT2D eigenvalue weighted by Crippen LogP contribution is -2.60. The topological polar surface area (TPSA) is 231 Å². The summed E-state index contributed by atoms with van der Waals surface area (Å²) in [5, 5.41) is 10.2. The number of aromatic hydroxyl groups is 1. The molecule has 0 spiro atoms. The highest BCUT2D eigenvalue weighted by molar-refractivity contribution is 7.86. The molecule has 5 aromatic carbocycles. The van der Waals surface area contributed by atoms with Gasteiger partial charge in [-0.1, -0.05) is 49.9 Å². The maximum atomic E-state index is 13.3. The number of rotatable bonds is 19. The van der Waals surface area contributed by atoms with E-state index in [1.54, 1.807) is 48.5 Å². The second-order valence-electron chi connectivity index (χ2n) is 15.1. The number of phenols is 1. The number of phenolic OH excluding ortho intramolecular Hbond substituents is 1. The third-order valence-electron chi connectivity index (χ3n) is 10.8. The molecular formula is C48H56N2O18S2. The molecule has 2 aliphatic heterocycles. The summed E-state index contributed by atoms with van der Waals surface area (Å²) >= 11 is 0. The number of anilines is 2. The first-order valence-corrected chi connectivity index (χ1v) is 24.2. The summed E-state index contributed by atoms with van der Waals surface area (Å²) in [6.07, 6.45) is -0.811. The van der Waals surface area contributed by atoms with Gasteiger partial charge in [-0.25, -0.2) is 0 Å². The minimum atomic E-state index is -3.94. The maximum absolute atomic E-state index is 13.3. The molecule has 0 aromatic heterocycles. The quantitative estimate of drug-likeness (QED) is 0.0714. The van der Waals surface area contributed by atoms with Crippen LogP contribution in [0.15, 0.2) is 91.0 Å². The summed E-state index contributed by atoms with van der Waals surface area (Å²) in [5.41, 5.74) is 2.76. The Morgan fingerprint density at radius 2 is 0.871 bits per heavy atom. The maximum Gasteiger partial charge on any atom is 0.265 e. The number of β-lactam (4-membered cyclic amide) rings is 2. The van der Waals surface area contributed by atoms with Crippen LogP contribution in [0.4, 0.5) is 11.4 Å². The van der Waals surface area contributed by atoms with Crippen LogP contribution < -0.4 is 52.4 Å². The second kappa shape index (κ2) is 22.5. The fourth-order valence-corrected chi connectivity index (χ4v) is 8.87. The molecule has 0 saturated carbocycles. The second-order valence-corrected chi connectivity index (χ2v) is 18.3. The van der Waals surface area contributed by atoms with E-state index in [0.29, 0.717) is 68.5 Å². The average molecular weight is 1010 g/mol. The Bertz CT molecular complexity index is 2850. The predicted molar refractivity (Wildman–Crippen MR) is 257 cm³/mol. The molecule has 22 heteroatoms. The highest BCUT2D eigenvalue weighted by atomic mass is 32.2. The van der Waals surface area contributed by atoms with Crippen LogP contribution in [0.25, 0.3) is 0 Å². The van der Waals surface area contributed by atoms with E-state index < -0.39 is 56.3 Å². The van der Waals surface area contributed by atoms with E-state index in [1.165, 1.54) is 78.8 Å². The molecule has 0 aliphatic carbocycles. The van der Waals surface area contributed by atoms with Crippen molar-refractivity contribution in [3.8, 4) is 57.5 Å². The van der Waals surface area contributed by atoms with Gasteiger partial charge in [0.05, 0.1) is 92.8 Å². The summed E-state index contributed by atoms with van der Waals surface area (Å²) in [6, 6.07) is 24.0. The number of benzene rings is 5. The molecule has 70 heavy (non-hydrogen) atoms. The van der Waals surface area contributed by atoms with E-state index in [9.17, 15) is 31.5 Å². The van der Waals surface area contributed by atoms with Crippen molar-refractivity contribution in [1.29, 1.82) is 0 Å². The zero-order valence-electron chi connectivity index (χ0n) is 39.3. The molecule has 0 bridgehead atoms. The third-order valence-corrected chi connectivity index (χ3v) is 11.9. The van der Waals surface area contributed by atoms with Gasteiger partial charge in [0, 0.05) is 24.3 Å². The standard InChI is InChI=1S/C27H29NO9S.C20H23NO9S.CH4/c1-32-20-12-11-18(13-21(20)36-16-17-9-7-6-8-10-17)24-26(37-38(5,30)31)27(29)28(24)19-14-22(33-2)25(35-4)23(15-19)34-3;1-26-14-7-6-11(8-13(14)22)17-19(30-31(5,24)25)20(23)21(17)12-9-15(27-2)18(29-4)16(10-12)28-3;/h6-15,24,26H,16H2,1-5H3;6-10,17,19,22H,1-5H3;1H4/t24-,26?;17-,19?;/m00./s1. The minimum Gasteiger partial charge on any atom is -0.504 e. The van der Waals surface area contributed by atoms with Crippen LogP contribution in [0.1, 0.15) is 36.2 Å². The Labute approximate surface area is 407 Å². The lowest BCUT2D eigenvalue weighted by atomic mass is 9.89. The number of nitrogens with zero attached hydrogens (tertiary/aromatic N) is 2.